The third kappa shape index (κ3) is 9.67. The number of anilines is 1. The number of alkyl halides is 3. The van der Waals surface area contributed by atoms with E-state index in [9.17, 15) is 27.2 Å². The topological polar surface area (TPSA) is 125 Å². The minimum absolute atomic E-state index is 0.0638. The molecular formula is C33H36F4N2O7. The molecular weight excluding hydrogens is 612 g/mol. The van der Waals surface area contributed by atoms with E-state index in [1.165, 1.54) is 24.3 Å². The molecule has 0 unspecified atom stereocenters. The molecule has 13 heteroatoms. The summed E-state index contributed by atoms with van der Waals surface area (Å²) in [6.07, 6.45) is -3.70. The van der Waals surface area contributed by atoms with Gasteiger partial charge in [0.1, 0.15) is 17.3 Å². The van der Waals surface area contributed by atoms with Crippen molar-refractivity contribution in [3.63, 3.8) is 0 Å². The summed E-state index contributed by atoms with van der Waals surface area (Å²) in [6, 6.07) is 16.6. The minimum atomic E-state index is -5.08. The van der Waals surface area contributed by atoms with Gasteiger partial charge in [-0.25, -0.2) is 14.0 Å². The minimum Gasteiger partial charge on any atom is -0.493 e. The molecule has 3 aromatic carbocycles. The van der Waals surface area contributed by atoms with Gasteiger partial charge in [-0.15, -0.1) is 0 Å². The summed E-state index contributed by atoms with van der Waals surface area (Å²) in [7, 11) is 0. The Kier molecular flexibility index (Phi) is 12.1. The molecule has 4 rings (SSSR count). The molecule has 1 aliphatic heterocycles. The second-order valence-corrected chi connectivity index (χ2v) is 10.8. The van der Waals surface area contributed by atoms with Gasteiger partial charge in [-0.3, -0.25) is 9.69 Å². The lowest BCUT2D eigenvalue weighted by atomic mass is 9.79. The molecule has 1 heterocycles. The van der Waals surface area contributed by atoms with Gasteiger partial charge < -0.3 is 25.0 Å². The third-order valence-electron chi connectivity index (χ3n) is 7.40. The predicted molar refractivity (Wildman–Crippen MR) is 163 cm³/mol. The maximum Gasteiger partial charge on any atom is 0.490 e. The Morgan fingerprint density at radius 3 is 1.83 bits per heavy atom. The summed E-state index contributed by atoms with van der Waals surface area (Å²) in [5, 5.41) is 19.1. The lowest BCUT2D eigenvalue weighted by molar-refractivity contribution is -0.192. The van der Waals surface area contributed by atoms with E-state index >= 15 is 0 Å². The summed E-state index contributed by atoms with van der Waals surface area (Å²) in [5.41, 5.74) is 2.91. The van der Waals surface area contributed by atoms with Crippen LogP contribution in [-0.4, -0.2) is 65.4 Å². The van der Waals surface area contributed by atoms with Crippen LogP contribution in [0.5, 0.6) is 11.5 Å². The van der Waals surface area contributed by atoms with E-state index in [0.717, 1.165) is 29.8 Å². The van der Waals surface area contributed by atoms with Gasteiger partial charge in [-0.2, -0.15) is 13.2 Å². The van der Waals surface area contributed by atoms with E-state index < -0.39 is 23.5 Å². The largest absolute Gasteiger partial charge is 0.493 e. The second kappa shape index (κ2) is 15.6. The molecule has 46 heavy (non-hydrogen) atoms. The van der Waals surface area contributed by atoms with Crippen molar-refractivity contribution in [1.29, 1.82) is 0 Å². The zero-order chi connectivity index (χ0) is 34.1. The van der Waals surface area contributed by atoms with E-state index in [1.54, 1.807) is 24.3 Å². The number of carbonyl (C=O) groups excluding carboxylic acids is 1. The molecule has 0 aliphatic carbocycles. The van der Waals surface area contributed by atoms with Crippen LogP contribution in [0.4, 0.5) is 23.2 Å². The number of halogens is 4. The molecule has 0 atom stereocenters. The van der Waals surface area contributed by atoms with E-state index in [-0.39, 0.29) is 17.3 Å². The summed E-state index contributed by atoms with van der Waals surface area (Å²) >= 11 is 0. The Labute approximate surface area is 263 Å². The van der Waals surface area contributed by atoms with Gasteiger partial charge in [0.05, 0.1) is 24.3 Å². The maximum absolute atomic E-state index is 13.6. The number of nitrogens with one attached hydrogen (secondary N) is 1. The first kappa shape index (κ1) is 35.8. The fourth-order valence-corrected chi connectivity index (χ4v) is 4.84. The Bertz CT molecular complexity index is 1470. The number of carbonyl (C=O) groups is 3. The number of benzene rings is 3. The molecule has 0 radical (unpaired) electrons. The van der Waals surface area contributed by atoms with Crippen molar-refractivity contribution < 1.29 is 51.6 Å². The molecule has 0 bridgehead atoms. The molecule has 1 saturated heterocycles. The molecule has 0 aromatic heterocycles. The van der Waals surface area contributed by atoms with Crippen molar-refractivity contribution in [2.75, 3.05) is 31.6 Å². The highest BCUT2D eigenvalue weighted by atomic mass is 19.4. The van der Waals surface area contributed by atoms with Gasteiger partial charge in [-0.1, -0.05) is 19.1 Å². The van der Waals surface area contributed by atoms with Crippen molar-refractivity contribution in [1.82, 2.24) is 4.90 Å². The van der Waals surface area contributed by atoms with Crippen LogP contribution in [0, 0.1) is 11.2 Å². The number of nitrogens with zero attached hydrogens (tertiary/aromatic N) is 1. The number of aromatic carboxylic acids is 1. The molecule has 248 valence electrons. The normalized spacial score (nSPS) is 14.4. The van der Waals surface area contributed by atoms with Gasteiger partial charge in [0.15, 0.2) is 0 Å². The van der Waals surface area contributed by atoms with Crippen LogP contribution in [0.1, 0.15) is 49.5 Å². The van der Waals surface area contributed by atoms with Crippen LogP contribution < -0.4 is 14.8 Å². The zero-order valence-electron chi connectivity index (χ0n) is 25.6. The van der Waals surface area contributed by atoms with Crippen LogP contribution in [0.3, 0.4) is 0 Å². The van der Waals surface area contributed by atoms with Crippen molar-refractivity contribution in [3.05, 3.63) is 77.6 Å². The smallest absolute Gasteiger partial charge is 0.490 e. The van der Waals surface area contributed by atoms with Crippen molar-refractivity contribution in [2.24, 2.45) is 5.41 Å². The Hall–Kier alpha value is -4.65. The lowest BCUT2D eigenvalue weighted by Gasteiger charge is -2.38. The highest BCUT2D eigenvalue weighted by Crippen LogP contribution is 2.41. The number of aliphatic carboxylic acids is 1. The summed E-state index contributed by atoms with van der Waals surface area (Å²) < 4.78 is 57.3. The van der Waals surface area contributed by atoms with E-state index in [4.69, 9.17) is 24.5 Å². The highest BCUT2D eigenvalue weighted by molar-refractivity contribution is 5.96. The van der Waals surface area contributed by atoms with Crippen molar-refractivity contribution >= 4 is 23.5 Å². The van der Waals surface area contributed by atoms with Crippen LogP contribution in [0.2, 0.25) is 0 Å². The van der Waals surface area contributed by atoms with Crippen LogP contribution in [0.25, 0.3) is 11.1 Å². The van der Waals surface area contributed by atoms with Gasteiger partial charge in [0.25, 0.3) is 0 Å². The molecule has 9 nitrogen and oxygen atoms in total. The first-order valence-corrected chi connectivity index (χ1v) is 14.5. The lowest BCUT2D eigenvalue weighted by Crippen LogP contribution is -2.44. The van der Waals surface area contributed by atoms with E-state index in [2.05, 4.69) is 10.2 Å². The predicted octanol–water partition coefficient (Wildman–Crippen LogP) is 6.86. The van der Waals surface area contributed by atoms with Crippen LogP contribution in [-0.2, 0) is 16.1 Å². The number of carboxylic acid groups (broad SMARTS) is 2. The van der Waals surface area contributed by atoms with Crippen LogP contribution >= 0.6 is 0 Å². The van der Waals surface area contributed by atoms with Gasteiger partial charge in [-0.05, 0) is 99.4 Å². The summed E-state index contributed by atoms with van der Waals surface area (Å²) in [5.74, 6) is -2.73. The third-order valence-corrected chi connectivity index (χ3v) is 7.40. The monoisotopic (exact) mass is 648 g/mol. The number of carboxylic acids is 2. The molecule has 1 aliphatic rings. The summed E-state index contributed by atoms with van der Waals surface area (Å²) in [6.45, 7) is 8.97. The second-order valence-electron chi connectivity index (χ2n) is 10.8. The molecule has 0 spiro atoms. The molecule has 1 amide bonds. The summed E-state index contributed by atoms with van der Waals surface area (Å²) in [4.78, 5) is 35.4. The first-order valence-electron chi connectivity index (χ1n) is 14.5. The number of ether oxygens (including phenoxy) is 2. The maximum atomic E-state index is 13.6. The quantitative estimate of drug-likeness (QED) is 0.204. The SMILES string of the molecule is CCOc1cc(CN2CCC(C)(C(=O)Nc3ccc(C(=O)O)cc3)CC2)cc(OCC)c1-c1ccc(F)cc1.O=C(O)C(F)(F)F. The van der Waals surface area contributed by atoms with E-state index in [1.807, 2.05) is 32.9 Å². The number of piperidine rings is 1. The number of hydrogen-bond acceptors (Lipinski definition) is 6. The van der Waals surface area contributed by atoms with Crippen molar-refractivity contribution in [2.45, 2.75) is 46.3 Å². The highest BCUT2D eigenvalue weighted by Gasteiger charge is 2.38. The first-order chi connectivity index (χ1) is 21.7. The van der Waals surface area contributed by atoms with Gasteiger partial charge in [0, 0.05) is 17.6 Å². The van der Waals surface area contributed by atoms with E-state index in [0.29, 0.717) is 49.8 Å². The zero-order valence-corrected chi connectivity index (χ0v) is 25.6. The number of hydrogen-bond donors (Lipinski definition) is 3. The molecule has 3 aromatic rings. The number of rotatable bonds is 10. The van der Waals surface area contributed by atoms with Crippen LogP contribution in [0.15, 0.2) is 60.7 Å². The Balaban J connectivity index is 0.000000738. The standard InChI is InChI=1S/C31H35FN2O5.C2HF3O2/c1-4-38-26-18-21(19-27(39-5-2)28(26)22-6-10-24(32)11-7-22)20-34-16-14-31(3,15-17-34)30(37)33-25-12-8-23(9-13-25)29(35)36;3-2(4,5)1(6)7/h6-13,18-19H,4-5,14-17,20H2,1-3H3,(H,33,37)(H,35,36);(H,6,7). The molecule has 0 saturated carbocycles. The average molecular weight is 649 g/mol. The Morgan fingerprint density at radius 2 is 1.39 bits per heavy atom. The Morgan fingerprint density at radius 1 is 0.891 bits per heavy atom. The fourth-order valence-electron chi connectivity index (χ4n) is 4.84. The van der Waals surface area contributed by atoms with Crippen molar-refractivity contribution in [3.8, 4) is 22.6 Å². The molecule has 1 fully saturated rings. The van der Waals surface area contributed by atoms with Gasteiger partial charge in [0.2, 0.25) is 5.91 Å². The molecule has 3 N–H and O–H groups in total. The number of amides is 1. The fraction of sp³-hybridized carbons (Fsp3) is 0.364. The average Bonchev–Trinajstić information content (AvgIpc) is 2.99. The van der Waals surface area contributed by atoms with Gasteiger partial charge >= 0.3 is 18.1 Å². The number of likely N-dealkylation sites (tertiary alicyclic amines) is 1.